The van der Waals surface area contributed by atoms with Crippen LogP contribution in [-0.4, -0.2) is 6.67 Å². The average Bonchev–Trinajstić information content (AvgIpc) is 2.66. The van der Waals surface area contributed by atoms with Crippen LogP contribution in [0.25, 0.3) is 0 Å². The summed E-state index contributed by atoms with van der Waals surface area (Å²) < 4.78 is 12.3. The summed E-state index contributed by atoms with van der Waals surface area (Å²) >= 11 is 5.85. The molecule has 80 valence electrons. The molecule has 1 heterocycles. The van der Waals surface area contributed by atoms with E-state index in [1.165, 1.54) is 0 Å². The number of hydrazine groups is 2. The number of aryl methyl sites for hydroxylation is 1. The predicted molar refractivity (Wildman–Crippen MR) is 59.0 cm³/mol. The van der Waals surface area contributed by atoms with Gasteiger partial charge in [-0.05, 0) is 30.7 Å². The van der Waals surface area contributed by atoms with Crippen molar-refractivity contribution in [2.24, 2.45) is 0 Å². The zero-order valence-corrected chi connectivity index (χ0v) is 8.98. The third kappa shape index (κ3) is 2.06. The number of anilines is 1. The second-order valence-electron chi connectivity index (χ2n) is 3.33. The first-order valence-corrected chi connectivity index (χ1v) is 4.92. The molecule has 1 aliphatic heterocycles. The van der Waals surface area contributed by atoms with E-state index >= 15 is 0 Å². The van der Waals surface area contributed by atoms with Gasteiger partial charge in [-0.3, -0.25) is 5.01 Å². The molecule has 0 saturated heterocycles. The Morgan fingerprint density at radius 2 is 2.27 bits per heavy atom. The summed E-state index contributed by atoms with van der Waals surface area (Å²) in [5, 5.41) is 2.42. The van der Waals surface area contributed by atoms with Crippen molar-refractivity contribution in [1.82, 2.24) is 11.0 Å². The highest BCUT2D eigenvalue weighted by molar-refractivity contribution is 6.30. The van der Waals surface area contributed by atoms with Gasteiger partial charge in [-0.2, -0.15) is 0 Å². The average molecular weight is 228 g/mol. The molecular formula is C10H11ClFN3. The fourth-order valence-electron chi connectivity index (χ4n) is 1.44. The Labute approximate surface area is 92.5 Å². The monoisotopic (exact) mass is 227 g/mol. The zero-order chi connectivity index (χ0) is 10.8. The van der Waals surface area contributed by atoms with Crippen LogP contribution in [0.15, 0.2) is 30.1 Å². The van der Waals surface area contributed by atoms with E-state index in [0.717, 1.165) is 11.3 Å². The first-order valence-electron chi connectivity index (χ1n) is 4.54. The summed E-state index contributed by atoms with van der Waals surface area (Å²) in [4.78, 5) is 0. The normalized spacial score (nSPS) is 15.1. The maximum atomic E-state index is 12.3. The van der Waals surface area contributed by atoms with Gasteiger partial charge in [0.25, 0.3) is 0 Å². The Bertz CT molecular complexity index is 406. The molecule has 0 aromatic heterocycles. The lowest BCUT2D eigenvalue weighted by Crippen LogP contribution is -2.36. The van der Waals surface area contributed by atoms with E-state index in [4.69, 9.17) is 11.6 Å². The smallest absolute Gasteiger partial charge is 0.132 e. The fourth-order valence-corrected chi connectivity index (χ4v) is 1.67. The second kappa shape index (κ2) is 4.08. The van der Waals surface area contributed by atoms with E-state index in [1.807, 2.05) is 19.1 Å². The molecule has 1 aromatic rings. The Balaban J connectivity index is 2.27. The van der Waals surface area contributed by atoms with Gasteiger partial charge in [0.15, 0.2) is 0 Å². The molecule has 5 heteroatoms. The van der Waals surface area contributed by atoms with Crippen LogP contribution in [0.3, 0.4) is 0 Å². The summed E-state index contributed by atoms with van der Waals surface area (Å²) in [5.74, 6) is 0. The summed E-state index contributed by atoms with van der Waals surface area (Å²) in [6.45, 7) is 1.43. The first kappa shape index (κ1) is 10.3. The van der Waals surface area contributed by atoms with Crippen molar-refractivity contribution in [3.8, 4) is 0 Å². The largest absolute Gasteiger partial charge is 0.303 e. The summed E-state index contributed by atoms with van der Waals surface area (Å²) in [6.07, 6.45) is 1.68. The van der Waals surface area contributed by atoms with Gasteiger partial charge in [-0.1, -0.05) is 11.6 Å². The lowest BCUT2D eigenvalue weighted by molar-refractivity contribution is 0.510. The highest BCUT2D eigenvalue weighted by Gasteiger charge is 2.14. The Morgan fingerprint density at radius 1 is 1.47 bits per heavy atom. The zero-order valence-electron chi connectivity index (χ0n) is 8.22. The quantitative estimate of drug-likeness (QED) is 0.812. The molecule has 3 nitrogen and oxygen atoms in total. The maximum absolute atomic E-state index is 12.3. The Hall–Kier alpha value is -1.26. The number of allylic oxidation sites excluding steroid dienone is 1. The molecule has 0 fully saturated rings. The lowest BCUT2D eigenvalue weighted by atomic mass is 10.2. The number of hydrogen-bond acceptors (Lipinski definition) is 3. The highest BCUT2D eigenvalue weighted by Crippen LogP contribution is 2.23. The van der Waals surface area contributed by atoms with Gasteiger partial charge in [0, 0.05) is 11.2 Å². The molecule has 2 N–H and O–H groups in total. The predicted octanol–water partition coefficient (Wildman–Crippen LogP) is 2.29. The van der Waals surface area contributed by atoms with Crippen LogP contribution in [-0.2, 0) is 0 Å². The Kier molecular flexibility index (Phi) is 2.79. The van der Waals surface area contributed by atoms with Crippen LogP contribution in [0.1, 0.15) is 5.56 Å². The van der Waals surface area contributed by atoms with Gasteiger partial charge in [-0.15, -0.1) is 5.53 Å². The van der Waals surface area contributed by atoms with Crippen LogP contribution in [0.5, 0.6) is 0 Å². The molecule has 0 aliphatic carbocycles. The van der Waals surface area contributed by atoms with E-state index in [2.05, 4.69) is 11.0 Å². The maximum Gasteiger partial charge on any atom is 0.132 e. The molecule has 0 bridgehead atoms. The van der Waals surface area contributed by atoms with E-state index in [1.54, 1.807) is 17.3 Å². The number of alkyl halides is 1. The van der Waals surface area contributed by atoms with Gasteiger partial charge in [0.05, 0.1) is 11.4 Å². The summed E-state index contributed by atoms with van der Waals surface area (Å²) in [6, 6.07) is 5.54. The van der Waals surface area contributed by atoms with Crippen LogP contribution in [0.4, 0.5) is 10.1 Å². The third-order valence-electron chi connectivity index (χ3n) is 2.18. The molecule has 0 unspecified atom stereocenters. The van der Waals surface area contributed by atoms with Gasteiger partial charge in [0.2, 0.25) is 0 Å². The number of halogens is 2. The molecule has 0 saturated carbocycles. The van der Waals surface area contributed by atoms with E-state index in [0.29, 0.717) is 10.7 Å². The van der Waals surface area contributed by atoms with Crippen molar-refractivity contribution in [2.45, 2.75) is 6.92 Å². The van der Waals surface area contributed by atoms with Gasteiger partial charge >= 0.3 is 0 Å². The van der Waals surface area contributed by atoms with Crippen molar-refractivity contribution >= 4 is 17.3 Å². The number of nitrogens with zero attached hydrogens (tertiary/aromatic N) is 1. The van der Waals surface area contributed by atoms with Crippen molar-refractivity contribution in [3.05, 3.63) is 40.7 Å². The second-order valence-corrected chi connectivity index (χ2v) is 3.76. The molecule has 1 aromatic carbocycles. The van der Waals surface area contributed by atoms with Crippen LogP contribution < -0.4 is 16.0 Å². The minimum absolute atomic E-state index is 0.504. The third-order valence-corrected chi connectivity index (χ3v) is 2.42. The Morgan fingerprint density at radius 3 is 2.87 bits per heavy atom. The molecule has 0 radical (unpaired) electrons. The van der Waals surface area contributed by atoms with Crippen molar-refractivity contribution < 1.29 is 4.39 Å². The minimum Gasteiger partial charge on any atom is -0.303 e. The SMILES string of the molecule is Cc1cc(Cl)ccc1N1C=C(CF)NN1. The minimum atomic E-state index is -0.518. The molecule has 1 aliphatic rings. The van der Waals surface area contributed by atoms with Gasteiger partial charge in [-0.25, -0.2) is 4.39 Å². The molecule has 0 atom stereocenters. The summed E-state index contributed by atoms with van der Waals surface area (Å²) in [5.41, 5.74) is 8.03. The molecular weight excluding hydrogens is 217 g/mol. The van der Waals surface area contributed by atoms with Crippen LogP contribution in [0.2, 0.25) is 5.02 Å². The molecule has 2 rings (SSSR count). The first-order chi connectivity index (χ1) is 7.20. The standard InChI is InChI=1S/C10H11ClFN3/c1-7-4-8(11)2-3-10(7)15-6-9(5-12)13-14-15/h2-4,6,13-14H,5H2,1H3. The number of hydrogen-bond donors (Lipinski definition) is 2. The number of nitrogens with one attached hydrogen (secondary N) is 2. The lowest BCUT2D eigenvalue weighted by Gasteiger charge is -2.17. The molecule has 15 heavy (non-hydrogen) atoms. The topological polar surface area (TPSA) is 27.3 Å². The van der Waals surface area contributed by atoms with Crippen LogP contribution in [0, 0.1) is 6.92 Å². The van der Waals surface area contributed by atoms with Gasteiger partial charge in [0.1, 0.15) is 6.67 Å². The van der Waals surface area contributed by atoms with Crippen LogP contribution >= 0.6 is 11.6 Å². The highest BCUT2D eigenvalue weighted by atomic mass is 35.5. The summed E-state index contributed by atoms with van der Waals surface area (Å²) in [7, 11) is 0. The van der Waals surface area contributed by atoms with Gasteiger partial charge < -0.3 is 5.43 Å². The number of benzene rings is 1. The van der Waals surface area contributed by atoms with E-state index in [-0.39, 0.29) is 0 Å². The van der Waals surface area contributed by atoms with Crippen molar-refractivity contribution in [2.75, 3.05) is 11.7 Å². The fraction of sp³-hybridized carbons (Fsp3) is 0.200. The van der Waals surface area contributed by atoms with Crippen molar-refractivity contribution in [1.29, 1.82) is 0 Å². The molecule has 0 amide bonds. The molecule has 0 spiro atoms. The number of rotatable bonds is 2. The van der Waals surface area contributed by atoms with E-state index in [9.17, 15) is 4.39 Å². The van der Waals surface area contributed by atoms with Crippen molar-refractivity contribution in [3.63, 3.8) is 0 Å². The van der Waals surface area contributed by atoms with E-state index < -0.39 is 6.67 Å².